The van der Waals surface area contributed by atoms with E-state index in [0.29, 0.717) is 5.02 Å². The van der Waals surface area contributed by atoms with Gasteiger partial charge in [-0.1, -0.05) is 35.5 Å². The molecule has 1 aliphatic rings. The van der Waals surface area contributed by atoms with Crippen LogP contribution in [0.2, 0.25) is 5.02 Å². The average molecular weight is 263 g/mol. The van der Waals surface area contributed by atoms with Crippen molar-refractivity contribution in [2.75, 3.05) is 5.01 Å². The van der Waals surface area contributed by atoms with E-state index in [4.69, 9.17) is 11.6 Å². The Kier molecular flexibility index (Phi) is 2.53. The minimum Gasteiger partial charge on any atom is -0.195 e. The standard InChI is InChI=1S/C12H7ClN2OS/c13-8-5-6-12-10(7-8)15(14-16)9-3-1-2-4-11(9)17-12/h1-7H. The van der Waals surface area contributed by atoms with Crippen LogP contribution >= 0.6 is 23.4 Å². The van der Waals surface area contributed by atoms with Crippen molar-refractivity contribution in [1.82, 2.24) is 0 Å². The number of hydrogen-bond donors (Lipinski definition) is 0. The summed E-state index contributed by atoms with van der Waals surface area (Å²) in [6.45, 7) is 0. The maximum absolute atomic E-state index is 11.0. The molecule has 0 amide bonds. The van der Waals surface area contributed by atoms with Gasteiger partial charge in [-0.05, 0) is 30.3 Å². The molecule has 0 N–H and O–H groups in total. The van der Waals surface area contributed by atoms with Crippen molar-refractivity contribution in [3.05, 3.63) is 52.4 Å². The first-order valence-corrected chi connectivity index (χ1v) is 6.19. The Balaban J connectivity index is 2.22. The van der Waals surface area contributed by atoms with E-state index < -0.39 is 0 Å². The van der Waals surface area contributed by atoms with Gasteiger partial charge in [-0.15, -0.1) is 4.91 Å². The summed E-state index contributed by atoms with van der Waals surface area (Å²) < 4.78 is 0. The van der Waals surface area contributed by atoms with Crippen molar-refractivity contribution in [3.8, 4) is 0 Å². The molecule has 0 radical (unpaired) electrons. The molecular weight excluding hydrogens is 256 g/mol. The monoisotopic (exact) mass is 262 g/mol. The van der Waals surface area contributed by atoms with E-state index >= 15 is 0 Å². The van der Waals surface area contributed by atoms with Gasteiger partial charge in [0.2, 0.25) is 0 Å². The van der Waals surface area contributed by atoms with Crippen molar-refractivity contribution in [2.24, 2.45) is 5.29 Å². The summed E-state index contributed by atoms with van der Waals surface area (Å²) in [7, 11) is 0. The first-order valence-electron chi connectivity index (χ1n) is 4.99. The van der Waals surface area contributed by atoms with E-state index in [-0.39, 0.29) is 0 Å². The largest absolute Gasteiger partial charge is 0.195 e. The topological polar surface area (TPSA) is 32.7 Å². The van der Waals surface area contributed by atoms with Gasteiger partial charge in [0.25, 0.3) is 0 Å². The molecule has 5 heteroatoms. The summed E-state index contributed by atoms with van der Waals surface area (Å²) >= 11 is 7.56. The number of fused-ring (bicyclic) bond motifs is 2. The Morgan fingerprint density at radius 1 is 1.06 bits per heavy atom. The molecule has 1 heterocycles. The molecule has 0 saturated carbocycles. The van der Waals surface area contributed by atoms with E-state index in [1.807, 2.05) is 36.4 Å². The Morgan fingerprint density at radius 3 is 2.65 bits per heavy atom. The summed E-state index contributed by atoms with van der Waals surface area (Å²) in [6.07, 6.45) is 0. The van der Waals surface area contributed by atoms with Gasteiger partial charge in [0.05, 0.1) is 16.7 Å². The van der Waals surface area contributed by atoms with Crippen molar-refractivity contribution in [2.45, 2.75) is 9.79 Å². The van der Waals surface area contributed by atoms with Crippen molar-refractivity contribution in [1.29, 1.82) is 0 Å². The number of nitroso groups, excluding NO2 is 1. The molecule has 2 aromatic carbocycles. The van der Waals surface area contributed by atoms with Crippen molar-refractivity contribution < 1.29 is 0 Å². The molecule has 1 aliphatic heterocycles. The molecule has 84 valence electrons. The molecule has 0 aliphatic carbocycles. The van der Waals surface area contributed by atoms with Crippen LogP contribution in [-0.4, -0.2) is 0 Å². The third-order valence-electron chi connectivity index (χ3n) is 2.54. The number of nitrogens with zero attached hydrogens (tertiary/aromatic N) is 2. The molecule has 0 fully saturated rings. The highest BCUT2D eigenvalue weighted by molar-refractivity contribution is 7.99. The number of hydrogen-bond acceptors (Lipinski definition) is 3. The Labute approximate surface area is 107 Å². The molecule has 0 unspecified atom stereocenters. The van der Waals surface area contributed by atoms with Gasteiger partial charge in [0.1, 0.15) is 0 Å². The second-order valence-corrected chi connectivity index (χ2v) is 5.10. The zero-order valence-corrected chi connectivity index (χ0v) is 10.2. The molecule has 3 nitrogen and oxygen atoms in total. The first-order chi connectivity index (χ1) is 8.29. The maximum Gasteiger partial charge on any atom is 0.0839 e. The lowest BCUT2D eigenvalue weighted by Gasteiger charge is -2.25. The number of anilines is 2. The predicted molar refractivity (Wildman–Crippen MR) is 70.0 cm³/mol. The fraction of sp³-hybridized carbons (Fsp3) is 0. The Bertz CT molecular complexity index is 603. The molecule has 0 aromatic heterocycles. The van der Waals surface area contributed by atoms with Crippen LogP contribution in [0.4, 0.5) is 11.4 Å². The van der Waals surface area contributed by atoms with Crippen LogP contribution in [0.5, 0.6) is 0 Å². The highest BCUT2D eigenvalue weighted by Crippen LogP contribution is 2.48. The molecule has 3 rings (SSSR count). The summed E-state index contributed by atoms with van der Waals surface area (Å²) in [5.74, 6) is 0. The second-order valence-electron chi connectivity index (χ2n) is 3.58. The maximum atomic E-state index is 11.0. The lowest BCUT2D eigenvalue weighted by atomic mass is 10.2. The van der Waals surface area contributed by atoms with Gasteiger partial charge in [0, 0.05) is 14.8 Å². The summed E-state index contributed by atoms with van der Waals surface area (Å²) in [5, 5.41) is 5.06. The lowest BCUT2D eigenvalue weighted by Crippen LogP contribution is -2.12. The van der Waals surface area contributed by atoms with Gasteiger partial charge < -0.3 is 0 Å². The van der Waals surface area contributed by atoms with Crippen LogP contribution in [0.15, 0.2) is 57.5 Å². The normalized spacial score (nSPS) is 12.9. The van der Waals surface area contributed by atoms with Crippen LogP contribution < -0.4 is 5.01 Å². The number of benzene rings is 2. The molecular formula is C12H7ClN2OS. The molecule has 0 saturated heterocycles. The number of halogens is 1. The molecule has 0 bridgehead atoms. The summed E-state index contributed by atoms with van der Waals surface area (Å²) in [4.78, 5) is 13.0. The second kappa shape index (κ2) is 4.05. The third-order valence-corrected chi connectivity index (χ3v) is 3.91. The highest BCUT2D eigenvalue weighted by Gasteiger charge is 2.23. The van der Waals surface area contributed by atoms with Gasteiger partial charge in [-0.25, -0.2) is 0 Å². The minimum absolute atomic E-state index is 0.595. The third kappa shape index (κ3) is 1.69. The van der Waals surface area contributed by atoms with Gasteiger partial charge in [0.15, 0.2) is 0 Å². The van der Waals surface area contributed by atoms with E-state index in [9.17, 15) is 4.91 Å². The van der Waals surface area contributed by atoms with Crippen LogP contribution in [0.1, 0.15) is 0 Å². The van der Waals surface area contributed by atoms with E-state index in [2.05, 4.69) is 5.29 Å². The smallest absolute Gasteiger partial charge is 0.0839 e. The van der Waals surface area contributed by atoms with Crippen molar-refractivity contribution >= 4 is 34.7 Å². The zero-order chi connectivity index (χ0) is 11.8. The summed E-state index contributed by atoms with van der Waals surface area (Å²) in [5.41, 5.74) is 1.53. The Hall–Kier alpha value is -1.52. The van der Waals surface area contributed by atoms with Gasteiger partial charge in [-0.2, -0.15) is 5.01 Å². The van der Waals surface area contributed by atoms with Crippen LogP contribution in [0, 0.1) is 4.91 Å². The fourth-order valence-corrected chi connectivity index (χ4v) is 2.99. The quantitative estimate of drug-likeness (QED) is 0.703. The van der Waals surface area contributed by atoms with Crippen LogP contribution in [-0.2, 0) is 0 Å². The molecule has 17 heavy (non-hydrogen) atoms. The Morgan fingerprint density at radius 2 is 1.82 bits per heavy atom. The highest BCUT2D eigenvalue weighted by atomic mass is 35.5. The number of para-hydroxylation sites is 1. The molecule has 0 spiro atoms. The van der Waals surface area contributed by atoms with Crippen molar-refractivity contribution in [3.63, 3.8) is 0 Å². The van der Waals surface area contributed by atoms with Gasteiger partial charge >= 0.3 is 0 Å². The number of rotatable bonds is 1. The first kappa shape index (κ1) is 10.6. The van der Waals surface area contributed by atoms with Gasteiger partial charge in [-0.3, -0.25) is 0 Å². The molecule has 2 aromatic rings. The predicted octanol–water partition coefficient (Wildman–Crippen LogP) is 4.62. The fourth-order valence-electron chi connectivity index (χ4n) is 1.80. The minimum atomic E-state index is 0.595. The van der Waals surface area contributed by atoms with E-state index in [1.165, 1.54) is 5.01 Å². The average Bonchev–Trinajstić information content (AvgIpc) is 2.36. The van der Waals surface area contributed by atoms with E-state index in [0.717, 1.165) is 21.2 Å². The van der Waals surface area contributed by atoms with Crippen LogP contribution in [0.3, 0.4) is 0 Å². The SMILES string of the molecule is O=NN1c2ccccc2Sc2ccc(Cl)cc21. The zero-order valence-electron chi connectivity index (χ0n) is 8.63. The molecule has 0 atom stereocenters. The van der Waals surface area contributed by atoms with Crippen LogP contribution in [0.25, 0.3) is 0 Å². The lowest BCUT2D eigenvalue weighted by molar-refractivity contribution is 1.01. The summed E-state index contributed by atoms with van der Waals surface area (Å²) in [6, 6.07) is 13.1. The van der Waals surface area contributed by atoms with E-state index in [1.54, 1.807) is 17.8 Å².